The van der Waals surface area contributed by atoms with Crippen molar-refractivity contribution in [2.24, 2.45) is 5.92 Å². The second kappa shape index (κ2) is 5.03. The van der Waals surface area contributed by atoms with Crippen LogP contribution in [0.1, 0.15) is 18.7 Å². The van der Waals surface area contributed by atoms with E-state index in [0.717, 1.165) is 12.8 Å². The molecule has 6 heteroatoms. The van der Waals surface area contributed by atoms with Crippen LogP contribution < -0.4 is 4.74 Å². The van der Waals surface area contributed by atoms with Crippen molar-refractivity contribution in [1.82, 2.24) is 10.1 Å². The number of hydrogen-bond donors (Lipinski definition) is 0. The van der Waals surface area contributed by atoms with E-state index < -0.39 is 5.82 Å². The van der Waals surface area contributed by atoms with E-state index in [0.29, 0.717) is 17.3 Å². The lowest BCUT2D eigenvalue weighted by Crippen LogP contribution is -2.04. The van der Waals surface area contributed by atoms with Crippen molar-refractivity contribution in [3.05, 3.63) is 29.9 Å². The van der Waals surface area contributed by atoms with E-state index in [4.69, 9.17) is 9.26 Å². The molecule has 3 rings (SSSR count). The largest absolute Gasteiger partial charge is 0.494 e. The number of rotatable bonds is 5. The Morgan fingerprint density at radius 2 is 2.30 bits per heavy atom. The first-order valence-electron chi connectivity index (χ1n) is 6.36. The predicted molar refractivity (Wildman–Crippen MR) is 67.7 cm³/mol. The van der Waals surface area contributed by atoms with Crippen LogP contribution in [0.25, 0.3) is 11.4 Å². The van der Waals surface area contributed by atoms with E-state index >= 15 is 0 Å². The number of hydrogen-bond acceptors (Lipinski definition) is 5. The van der Waals surface area contributed by atoms with Crippen molar-refractivity contribution in [3.63, 3.8) is 0 Å². The highest BCUT2D eigenvalue weighted by molar-refractivity contribution is 5.84. The lowest BCUT2D eigenvalue weighted by Gasteiger charge is -2.02. The van der Waals surface area contributed by atoms with E-state index in [1.54, 1.807) is 0 Å². The van der Waals surface area contributed by atoms with Gasteiger partial charge in [-0.25, -0.2) is 4.39 Å². The molecule has 0 atom stereocenters. The SMILES string of the molecule is COc1cc(-c2noc(CC(=O)C3CC3)n2)ccc1F. The number of benzene rings is 1. The topological polar surface area (TPSA) is 65.2 Å². The molecule has 0 radical (unpaired) electrons. The average Bonchev–Trinajstić information content (AvgIpc) is 3.20. The van der Waals surface area contributed by atoms with Crippen molar-refractivity contribution in [2.75, 3.05) is 7.11 Å². The van der Waals surface area contributed by atoms with Gasteiger partial charge in [0, 0.05) is 11.5 Å². The minimum Gasteiger partial charge on any atom is -0.494 e. The molecule has 1 aromatic heterocycles. The summed E-state index contributed by atoms with van der Waals surface area (Å²) in [6.45, 7) is 0. The third kappa shape index (κ3) is 2.54. The third-order valence-electron chi connectivity index (χ3n) is 3.24. The maximum atomic E-state index is 13.3. The Balaban J connectivity index is 1.80. The van der Waals surface area contributed by atoms with Crippen molar-refractivity contribution in [1.29, 1.82) is 0 Å². The van der Waals surface area contributed by atoms with Crippen molar-refractivity contribution in [2.45, 2.75) is 19.3 Å². The molecule has 2 aromatic rings. The van der Waals surface area contributed by atoms with Gasteiger partial charge in [-0.3, -0.25) is 4.79 Å². The molecule has 1 fully saturated rings. The van der Waals surface area contributed by atoms with Gasteiger partial charge in [-0.15, -0.1) is 0 Å². The summed E-state index contributed by atoms with van der Waals surface area (Å²) in [5.74, 6) is 0.571. The zero-order valence-electron chi connectivity index (χ0n) is 10.9. The highest BCUT2D eigenvalue weighted by atomic mass is 19.1. The first-order chi connectivity index (χ1) is 9.67. The van der Waals surface area contributed by atoms with Crippen LogP contribution in [0.2, 0.25) is 0 Å². The van der Waals surface area contributed by atoms with Gasteiger partial charge in [0.25, 0.3) is 0 Å². The molecule has 5 nitrogen and oxygen atoms in total. The fraction of sp³-hybridized carbons (Fsp3) is 0.357. The van der Waals surface area contributed by atoms with Gasteiger partial charge >= 0.3 is 0 Å². The number of halogens is 1. The summed E-state index contributed by atoms with van der Waals surface area (Å²) in [4.78, 5) is 15.8. The van der Waals surface area contributed by atoms with E-state index in [-0.39, 0.29) is 23.9 Å². The van der Waals surface area contributed by atoms with Gasteiger partial charge in [0.15, 0.2) is 11.6 Å². The van der Waals surface area contributed by atoms with Gasteiger partial charge in [-0.1, -0.05) is 5.16 Å². The van der Waals surface area contributed by atoms with Crippen LogP contribution in [0.3, 0.4) is 0 Å². The standard InChI is InChI=1S/C14H13FN2O3/c1-19-12-6-9(4-5-10(12)15)14-16-13(20-17-14)7-11(18)8-2-3-8/h4-6,8H,2-3,7H2,1H3. The van der Waals surface area contributed by atoms with Crippen LogP contribution in [0.4, 0.5) is 4.39 Å². The molecular formula is C14H13FN2O3. The third-order valence-corrected chi connectivity index (χ3v) is 3.24. The number of ether oxygens (including phenoxy) is 1. The molecule has 104 valence electrons. The van der Waals surface area contributed by atoms with E-state index in [9.17, 15) is 9.18 Å². The number of ketones is 1. The van der Waals surface area contributed by atoms with Gasteiger partial charge in [-0.2, -0.15) is 4.98 Å². The highest BCUT2D eigenvalue weighted by Gasteiger charge is 2.30. The van der Waals surface area contributed by atoms with Crippen LogP contribution in [0.15, 0.2) is 22.7 Å². The van der Waals surface area contributed by atoms with Crippen LogP contribution in [-0.4, -0.2) is 23.0 Å². The molecule has 20 heavy (non-hydrogen) atoms. The van der Waals surface area contributed by atoms with Crippen molar-refractivity contribution >= 4 is 5.78 Å². The smallest absolute Gasteiger partial charge is 0.234 e. The molecule has 0 spiro atoms. The minimum absolute atomic E-state index is 0.114. The summed E-state index contributed by atoms with van der Waals surface area (Å²) >= 11 is 0. The Morgan fingerprint density at radius 3 is 3.00 bits per heavy atom. The Hall–Kier alpha value is -2.24. The molecule has 1 aliphatic rings. The Labute approximate surface area is 114 Å². The molecule has 1 saturated carbocycles. The second-order valence-corrected chi connectivity index (χ2v) is 4.78. The molecule has 1 aromatic carbocycles. The van der Waals surface area contributed by atoms with Gasteiger partial charge in [0.05, 0.1) is 13.5 Å². The van der Waals surface area contributed by atoms with E-state index in [1.807, 2.05) is 0 Å². The molecular weight excluding hydrogens is 263 g/mol. The van der Waals surface area contributed by atoms with Gasteiger partial charge in [-0.05, 0) is 31.0 Å². The summed E-state index contributed by atoms with van der Waals surface area (Å²) in [5, 5.41) is 3.81. The maximum Gasteiger partial charge on any atom is 0.234 e. The maximum absolute atomic E-state index is 13.3. The Kier molecular flexibility index (Phi) is 3.22. The quantitative estimate of drug-likeness (QED) is 0.839. The normalized spacial score (nSPS) is 14.3. The lowest BCUT2D eigenvalue weighted by atomic mass is 10.2. The Morgan fingerprint density at radius 1 is 1.50 bits per heavy atom. The number of nitrogens with zero attached hydrogens (tertiary/aromatic N) is 2. The molecule has 1 aliphatic carbocycles. The van der Waals surface area contributed by atoms with E-state index in [1.165, 1.54) is 25.3 Å². The molecule has 0 saturated heterocycles. The highest BCUT2D eigenvalue weighted by Crippen LogP contribution is 2.31. The van der Waals surface area contributed by atoms with Crippen LogP contribution >= 0.6 is 0 Å². The molecule has 0 N–H and O–H groups in total. The number of Topliss-reactive ketones (excluding diaryl/α,β-unsaturated/α-hetero) is 1. The van der Waals surface area contributed by atoms with E-state index in [2.05, 4.69) is 10.1 Å². The lowest BCUT2D eigenvalue weighted by molar-refractivity contribution is -0.119. The van der Waals surface area contributed by atoms with Crippen LogP contribution in [0.5, 0.6) is 5.75 Å². The number of methoxy groups -OCH3 is 1. The van der Waals surface area contributed by atoms with Gasteiger partial charge in [0.1, 0.15) is 5.78 Å². The average molecular weight is 276 g/mol. The van der Waals surface area contributed by atoms with Crippen molar-refractivity contribution in [3.8, 4) is 17.1 Å². The molecule has 0 aliphatic heterocycles. The Bertz CT molecular complexity index is 650. The minimum atomic E-state index is -0.455. The fourth-order valence-electron chi connectivity index (χ4n) is 1.94. The fourth-order valence-corrected chi connectivity index (χ4v) is 1.94. The zero-order chi connectivity index (χ0) is 14.1. The summed E-state index contributed by atoms with van der Waals surface area (Å²) in [5.41, 5.74) is 0.581. The van der Waals surface area contributed by atoms with Crippen molar-refractivity contribution < 1.29 is 18.4 Å². The number of aromatic nitrogens is 2. The second-order valence-electron chi connectivity index (χ2n) is 4.78. The zero-order valence-corrected chi connectivity index (χ0v) is 10.9. The van der Waals surface area contributed by atoms with Gasteiger partial charge in [0.2, 0.25) is 11.7 Å². The number of carbonyl (C=O) groups excluding carboxylic acids is 1. The molecule has 0 amide bonds. The molecule has 0 bridgehead atoms. The summed E-state index contributed by atoms with van der Waals surface area (Å²) in [7, 11) is 1.39. The monoisotopic (exact) mass is 276 g/mol. The summed E-state index contributed by atoms with van der Waals surface area (Å²) in [6.07, 6.45) is 2.07. The predicted octanol–water partition coefficient (Wildman–Crippen LogP) is 2.41. The molecule has 0 unspecified atom stereocenters. The molecule has 1 heterocycles. The van der Waals surface area contributed by atoms with Crippen LogP contribution in [-0.2, 0) is 11.2 Å². The summed E-state index contributed by atoms with van der Waals surface area (Å²) in [6, 6.07) is 4.31. The van der Waals surface area contributed by atoms with Gasteiger partial charge < -0.3 is 9.26 Å². The summed E-state index contributed by atoms with van der Waals surface area (Å²) < 4.78 is 23.3. The number of carbonyl (C=O) groups is 1. The first-order valence-corrected chi connectivity index (χ1v) is 6.36. The first kappa shape index (κ1) is 12.8. The van der Waals surface area contributed by atoms with Crippen LogP contribution in [0, 0.1) is 11.7 Å².